The van der Waals surface area contributed by atoms with Gasteiger partial charge in [0.25, 0.3) is 5.91 Å². The van der Waals surface area contributed by atoms with Crippen LogP contribution in [0.4, 0.5) is 0 Å². The second-order valence-electron chi connectivity index (χ2n) is 5.12. The molecule has 0 aliphatic heterocycles. The molecule has 0 spiro atoms. The van der Waals surface area contributed by atoms with Crippen molar-refractivity contribution in [2.24, 2.45) is 0 Å². The molecule has 23 heavy (non-hydrogen) atoms. The first-order chi connectivity index (χ1) is 11.0. The van der Waals surface area contributed by atoms with Gasteiger partial charge in [-0.1, -0.05) is 29.8 Å². The first-order valence-electron chi connectivity index (χ1n) is 7.30. The number of carbonyl (C=O) groups excluding carboxylic acids is 2. The standard InChI is InChI=1S/C18H19NO4/c1-13-5-3-6-15(11-13)8-9-17(20)23-14(2)18(21)19-12-16-7-4-10-22-16/h3-11,14H,12H2,1-2H3,(H,19,21)/b9-8+/t14-/m0/s1. The number of benzene rings is 1. The molecule has 0 saturated heterocycles. The van der Waals surface area contributed by atoms with Gasteiger partial charge in [-0.15, -0.1) is 0 Å². The van der Waals surface area contributed by atoms with Crippen molar-refractivity contribution >= 4 is 18.0 Å². The largest absolute Gasteiger partial charge is 0.467 e. The molecule has 0 radical (unpaired) electrons. The van der Waals surface area contributed by atoms with Gasteiger partial charge in [0, 0.05) is 6.08 Å². The van der Waals surface area contributed by atoms with E-state index in [1.54, 1.807) is 18.2 Å². The number of furan rings is 1. The lowest BCUT2D eigenvalue weighted by Crippen LogP contribution is -2.35. The minimum atomic E-state index is -0.875. The Balaban J connectivity index is 1.80. The number of aryl methyl sites for hydroxylation is 1. The van der Waals surface area contributed by atoms with Gasteiger partial charge in [-0.05, 0) is 37.6 Å². The highest BCUT2D eigenvalue weighted by atomic mass is 16.5. The number of carbonyl (C=O) groups is 2. The van der Waals surface area contributed by atoms with Crippen molar-refractivity contribution in [2.75, 3.05) is 0 Å². The average molecular weight is 313 g/mol. The Kier molecular flexibility index (Phi) is 5.74. The molecule has 1 N–H and O–H groups in total. The summed E-state index contributed by atoms with van der Waals surface area (Å²) in [6, 6.07) is 11.2. The highest BCUT2D eigenvalue weighted by molar-refractivity contribution is 5.90. The zero-order chi connectivity index (χ0) is 16.7. The predicted octanol–water partition coefficient (Wildman–Crippen LogP) is 2.85. The summed E-state index contributed by atoms with van der Waals surface area (Å²) >= 11 is 0. The molecule has 1 atom stereocenters. The Labute approximate surface area is 134 Å². The smallest absolute Gasteiger partial charge is 0.331 e. The van der Waals surface area contributed by atoms with Crippen molar-refractivity contribution in [1.82, 2.24) is 5.32 Å². The molecule has 0 aliphatic carbocycles. The Hall–Kier alpha value is -2.82. The van der Waals surface area contributed by atoms with Crippen molar-refractivity contribution in [1.29, 1.82) is 0 Å². The maximum absolute atomic E-state index is 11.8. The molecule has 120 valence electrons. The molecule has 0 bridgehead atoms. The Morgan fingerprint density at radius 3 is 2.83 bits per heavy atom. The normalized spacial score (nSPS) is 12.1. The van der Waals surface area contributed by atoms with Gasteiger partial charge in [-0.25, -0.2) is 4.79 Å². The van der Waals surface area contributed by atoms with E-state index in [4.69, 9.17) is 9.15 Å². The summed E-state index contributed by atoms with van der Waals surface area (Å²) in [6.45, 7) is 3.75. The first-order valence-corrected chi connectivity index (χ1v) is 7.30. The summed E-state index contributed by atoms with van der Waals surface area (Å²) in [7, 11) is 0. The molecule has 1 amide bonds. The van der Waals surface area contributed by atoms with Gasteiger partial charge in [0.15, 0.2) is 6.10 Å². The van der Waals surface area contributed by atoms with Crippen LogP contribution in [0.15, 0.2) is 53.2 Å². The van der Waals surface area contributed by atoms with Gasteiger partial charge < -0.3 is 14.5 Å². The van der Waals surface area contributed by atoms with Gasteiger partial charge >= 0.3 is 5.97 Å². The molecule has 0 aliphatic rings. The van der Waals surface area contributed by atoms with E-state index in [1.807, 2.05) is 31.2 Å². The molecule has 0 fully saturated rings. The van der Waals surface area contributed by atoms with E-state index in [9.17, 15) is 9.59 Å². The van der Waals surface area contributed by atoms with Crippen molar-refractivity contribution in [3.05, 3.63) is 65.6 Å². The number of ether oxygens (including phenoxy) is 1. The summed E-state index contributed by atoms with van der Waals surface area (Å²) in [5, 5.41) is 2.64. The maximum Gasteiger partial charge on any atom is 0.331 e. The molecule has 1 aromatic carbocycles. The topological polar surface area (TPSA) is 68.5 Å². The fraction of sp³-hybridized carbons (Fsp3) is 0.222. The van der Waals surface area contributed by atoms with E-state index < -0.39 is 12.1 Å². The first kappa shape index (κ1) is 16.5. The summed E-state index contributed by atoms with van der Waals surface area (Å²) in [5.41, 5.74) is 2.00. The van der Waals surface area contributed by atoms with Crippen molar-refractivity contribution in [3.8, 4) is 0 Å². The van der Waals surface area contributed by atoms with Crippen molar-refractivity contribution in [3.63, 3.8) is 0 Å². The fourth-order valence-electron chi connectivity index (χ4n) is 1.94. The van der Waals surface area contributed by atoms with Crippen LogP contribution in [-0.2, 0) is 20.9 Å². The Bertz CT molecular complexity index is 689. The van der Waals surface area contributed by atoms with Crippen LogP contribution in [0.25, 0.3) is 6.08 Å². The SMILES string of the molecule is Cc1cccc(/C=C/C(=O)O[C@@H](C)C(=O)NCc2ccco2)c1. The van der Waals surface area contributed by atoms with E-state index >= 15 is 0 Å². The van der Waals surface area contributed by atoms with E-state index in [1.165, 1.54) is 19.3 Å². The van der Waals surface area contributed by atoms with E-state index in [0.717, 1.165) is 11.1 Å². The zero-order valence-corrected chi connectivity index (χ0v) is 13.1. The molecule has 2 rings (SSSR count). The number of esters is 1. The van der Waals surface area contributed by atoms with Crippen LogP contribution in [0.1, 0.15) is 23.8 Å². The van der Waals surface area contributed by atoms with Gasteiger partial charge in [0.05, 0.1) is 12.8 Å². The average Bonchev–Trinajstić information content (AvgIpc) is 3.04. The summed E-state index contributed by atoms with van der Waals surface area (Å²) in [4.78, 5) is 23.6. The van der Waals surface area contributed by atoms with Crippen molar-refractivity contribution in [2.45, 2.75) is 26.5 Å². The lowest BCUT2D eigenvalue weighted by Gasteiger charge is -2.11. The second-order valence-corrected chi connectivity index (χ2v) is 5.12. The van der Waals surface area contributed by atoms with Gasteiger partial charge in [-0.3, -0.25) is 4.79 Å². The summed E-state index contributed by atoms with van der Waals surface area (Å²) in [6.07, 6.45) is 3.62. The minimum Gasteiger partial charge on any atom is -0.467 e. The number of nitrogens with one attached hydrogen (secondary N) is 1. The van der Waals surface area contributed by atoms with Crippen LogP contribution < -0.4 is 5.32 Å². The van der Waals surface area contributed by atoms with Crippen molar-refractivity contribution < 1.29 is 18.7 Å². The quantitative estimate of drug-likeness (QED) is 0.658. The Morgan fingerprint density at radius 2 is 2.13 bits per heavy atom. The van der Waals surface area contributed by atoms with Gasteiger partial charge in [0.1, 0.15) is 5.76 Å². The Morgan fingerprint density at radius 1 is 1.30 bits per heavy atom. The summed E-state index contributed by atoms with van der Waals surface area (Å²) in [5.74, 6) is -0.304. The number of amides is 1. The zero-order valence-electron chi connectivity index (χ0n) is 13.1. The molecular formula is C18H19NO4. The summed E-state index contributed by atoms with van der Waals surface area (Å²) < 4.78 is 10.2. The number of rotatable bonds is 6. The highest BCUT2D eigenvalue weighted by Gasteiger charge is 2.16. The lowest BCUT2D eigenvalue weighted by molar-refractivity contribution is -0.150. The molecule has 2 aromatic rings. The predicted molar refractivity (Wildman–Crippen MR) is 86.3 cm³/mol. The molecule has 0 saturated carbocycles. The second kappa shape index (κ2) is 7.98. The molecule has 5 heteroatoms. The van der Waals surface area contributed by atoms with E-state index in [2.05, 4.69) is 5.32 Å². The van der Waals surface area contributed by atoms with E-state index in [0.29, 0.717) is 5.76 Å². The van der Waals surface area contributed by atoms with E-state index in [-0.39, 0.29) is 12.5 Å². The van der Waals surface area contributed by atoms with Gasteiger partial charge in [0.2, 0.25) is 0 Å². The molecular weight excluding hydrogens is 294 g/mol. The number of hydrogen-bond donors (Lipinski definition) is 1. The van der Waals surface area contributed by atoms with Crippen LogP contribution in [0.5, 0.6) is 0 Å². The fourth-order valence-corrected chi connectivity index (χ4v) is 1.94. The van der Waals surface area contributed by atoms with Crippen LogP contribution in [-0.4, -0.2) is 18.0 Å². The lowest BCUT2D eigenvalue weighted by atomic mass is 10.1. The third-order valence-electron chi connectivity index (χ3n) is 3.13. The molecule has 0 unspecified atom stereocenters. The van der Waals surface area contributed by atoms with Crippen LogP contribution in [0, 0.1) is 6.92 Å². The molecule has 1 heterocycles. The monoisotopic (exact) mass is 313 g/mol. The highest BCUT2D eigenvalue weighted by Crippen LogP contribution is 2.06. The molecule has 5 nitrogen and oxygen atoms in total. The number of hydrogen-bond acceptors (Lipinski definition) is 4. The van der Waals surface area contributed by atoms with Crippen LogP contribution >= 0.6 is 0 Å². The van der Waals surface area contributed by atoms with Crippen LogP contribution in [0.3, 0.4) is 0 Å². The van der Waals surface area contributed by atoms with Gasteiger partial charge in [-0.2, -0.15) is 0 Å². The molecule has 1 aromatic heterocycles. The third-order valence-corrected chi connectivity index (χ3v) is 3.13. The maximum atomic E-state index is 11.8. The third kappa shape index (κ3) is 5.47. The van der Waals surface area contributed by atoms with Crippen LogP contribution in [0.2, 0.25) is 0 Å². The minimum absolute atomic E-state index is 0.257.